The molecule has 0 spiro atoms. The summed E-state index contributed by atoms with van der Waals surface area (Å²) in [5, 5.41) is 27.4. The number of hydrogen-bond donors (Lipinski definition) is 5. The van der Waals surface area contributed by atoms with Crippen molar-refractivity contribution in [3.05, 3.63) is 89.7 Å². The van der Waals surface area contributed by atoms with Gasteiger partial charge < -0.3 is 36.1 Å². The van der Waals surface area contributed by atoms with Gasteiger partial charge in [-0.05, 0) is 52.9 Å². The Labute approximate surface area is 254 Å². The minimum absolute atomic E-state index is 0.0491. The van der Waals surface area contributed by atoms with Crippen LogP contribution < -0.4 is 25.8 Å². The molecule has 0 atom stereocenters. The van der Waals surface area contributed by atoms with E-state index in [2.05, 4.69) is 58.5 Å². The number of benzene rings is 3. The second kappa shape index (κ2) is 12.2. The number of nitrogens with two attached hydrogens (primary N) is 1. The molecule has 11 nitrogen and oxygen atoms in total. The normalized spacial score (nSPS) is 11.5. The van der Waals surface area contributed by atoms with Crippen molar-refractivity contribution in [1.29, 1.82) is 0 Å². The van der Waals surface area contributed by atoms with Crippen molar-refractivity contribution in [3.63, 3.8) is 0 Å². The molecule has 0 fully saturated rings. The van der Waals surface area contributed by atoms with Crippen LogP contribution in [0.3, 0.4) is 0 Å². The minimum atomic E-state index is -1.73. The van der Waals surface area contributed by atoms with Crippen molar-refractivity contribution in [2.24, 2.45) is 5.73 Å². The summed E-state index contributed by atoms with van der Waals surface area (Å²) in [6, 6.07) is 18.7. The lowest BCUT2D eigenvalue weighted by atomic mass is 9.87. The average molecular weight is 595 g/mol. The number of carbonyl (C=O) groups excluding carboxylic acids is 1. The van der Waals surface area contributed by atoms with Gasteiger partial charge in [0, 0.05) is 40.4 Å². The van der Waals surface area contributed by atoms with Crippen LogP contribution in [0.25, 0.3) is 22.0 Å². The maximum Gasteiger partial charge on any atom is 0.319 e. The van der Waals surface area contributed by atoms with Crippen molar-refractivity contribution in [2.45, 2.75) is 32.5 Å². The second-order valence-electron chi connectivity index (χ2n) is 11.2. The molecule has 0 bridgehead atoms. The van der Waals surface area contributed by atoms with Crippen LogP contribution in [0.2, 0.25) is 0 Å². The molecule has 3 aromatic carbocycles. The van der Waals surface area contributed by atoms with E-state index in [0.29, 0.717) is 39.4 Å². The van der Waals surface area contributed by atoms with E-state index in [4.69, 9.17) is 15.2 Å². The number of ether oxygens (including phenoxy) is 2. The van der Waals surface area contributed by atoms with Crippen LogP contribution in [0.4, 0.5) is 22.7 Å². The van der Waals surface area contributed by atoms with E-state index in [1.165, 1.54) is 20.4 Å². The van der Waals surface area contributed by atoms with E-state index in [1.54, 1.807) is 30.5 Å². The Morgan fingerprint density at radius 2 is 1.64 bits per heavy atom. The largest absolute Gasteiger partial charge is 0.480 e. The molecule has 0 aliphatic rings. The molecule has 1 amide bonds. The molecule has 226 valence electrons. The van der Waals surface area contributed by atoms with Gasteiger partial charge in [-0.1, -0.05) is 45.0 Å². The zero-order valence-electron chi connectivity index (χ0n) is 25.0. The summed E-state index contributed by atoms with van der Waals surface area (Å²) in [6.45, 7) is 6.41. The first-order valence-electron chi connectivity index (χ1n) is 13.8. The minimum Gasteiger partial charge on any atom is -0.480 e. The topological polar surface area (TPSA) is 165 Å². The van der Waals surface area contributed by atoms with Crippen LogP contribution in [0, 0.1) is 0 Å². The number of amides is 1. The maximum absolute atomic E-state index is 12.5. The number of nitrogens with one attached hydrogen (secondary N) is 2. The third-order valence-corrected chi connectivity index (χ3v) is 7.09. The zero-order valence-corrected chi connectivity index (χ0v) is 25.0. The number of aliphatic hydroxyl groups excluding tert-OH is 1. The van der Waals surface area contributed by atoms with Crippen LogP contribution >= 0.6 is 0 Å². The lowest BCUT2D eigenvalue weighted by Crippen LogP contribution is -2.14. The van der Waals surface area contributed by atoms with E-state index in [0.717, 1.165) is 16.8 Å². The quantitative estimate of drug-likeness (QED) is 0.136. The van der Waals surface area contributed by atoms with Crippen molar-refractivity contribution in [3.8, 4) is 23.0 Å². The third kappa shape index (κ3) is 6.38. The highest BCUT2D eigenvalue weighted by molar-refractivity contribution is 6.08. The number of aromatic nitrogens is 3. The summed E-state index contributed by atoms with van der Waals surface area (Å²) in [7, 11) is 2.98. The Morgan fingerprint density at radius 3 is 2.30 bits per heavy atom. The van der Waals surface area contributed by atoms with Gasteiger partial charge in [-0.25, -0.2) is 4.98 Å². The highest BCUT2D eigenvalue weighted by atomic mass is 16.5. The molecule has 11 heteroatoms. The van der Waals surface area contributed by atoms with Gasteiger partial charge in [-0.2, -0.15) is 4.98 Å². The summed E-state index contributed by atoms with van der Waals surface area (Å²) >= 11 is 0. The number of primary amides is 1. The first-order valence-corrected chi connectivity index (χ1v) is 13.8. The molecule has 44 heavy (non-hydrogen) atoms. The lowest BCUT2D eigenvalue weighted by molar-refractivity contribution is -0.0424. The molecule has 5 rings (SSSR count). The monoisotopic (exact) mass is 594 g/mol. The van der Waals surface area contributed by atoms with Gasteiger partial charge in [0.25, 0.3) is 5.91 Å². The number of nitrogens with zero attached hydrogens (tertiary/aromatic N) is 3. The van der Waals surface area contributed by atoms with E-state index in [9.17, 15) is 15.0 Å². The number of methoxy groups -OCH3 is 2. The fraction of sp³-hybridized carbons (Fsp3) is 0.212. The maximum atomic E-state index is 12.5. The van der Waals surface area contributed by atoms with Crippen LogP contribution in [0.15, 0.2) is 73.1 Å². The molecule has 2 aromatic heterocycles. The molecule has 0 aliphatic heterocycles. The first-order chi connectivity index (χ1) is 21.0. The van der Waals surface area contributed by atoms with Crippen LogP contribution in [0.5, 0.6) is 11.9 Å². The van der Waals surface area contributed by atoms with Gasteiger partial charge >= 0.3 is 6.01 Å². The predicted octanol–water partition coefficient (Wildman–Crippen LogP) is 5.58. The van der Waals surface area contributed by atoms with E-state index < -0.39 is 12.2 Å². The smallest absolute Gasteiger partial charge is 0.319 e. The van der Waals surface area contributed by atoms with Gasteiger partial charge in [-0.15, -0.1) is 0 Å². The number of fused-ring (bicyclic) bond motifs is 1. The molecule has 2 heterocycles. The highest BCUT2D eigenvalue weighted by Gasteiger charge is 2.18. The molecule has 0 unspecified atom stereocenters. The van der Waals surface area contributed by atoms with E-state index in [1.807, 2.05) is 24.3 Å². The van der Waals surface area contributed by atoms with Gasteiger partial charge in [-0.3, -0.25) is 9.78 Å². The van der Waals surface area contributed by atoms with Crippen LogP contribution in [-0.4, -0.2) is 45.3 Å². The third-order valence-electron chi connectivity index (χ3n) is 7.09. The Kier molecular flexibility index (Phi) is 8.34. The molecule has 6 N–H and O–H groups in total. The Hall–Kier alpha value is -5.26. The van der Waals surface area contributed by atoms with Crippen molar-refractivity contribution < 1.29 is 24.5 Å². The zero-order chi connectivity index (χ0) is 31.6. The van der Waals surface area contributed by atoms with Gasteiger partial charge in [0.1, 0.15) is 0 Å². The van der Waals surface area contributed by atoms with Crippen molar-refractivity contribution in [1.82, 2.24) is 15.0 Å². The van der Waals surface area contributed by atoms with Gasteiger partial charge in [0.2, 0.25) is 5.88 Å². The number of anilines is 4. The molecule has 0 aliphatic carbocycles. The molecule has 5 aromatic rings. The fourth-order valence-corrected chi connectivity index (χ4v) is 4.81. The Balaban J connectivity index is 1.57. The fourth-order valence-electron chi connectivity index (χ4n) is 4.81. The number of pyridine rings is 1. The SMILES string of the molecule is COc1ncc(-c2ccc3c(Nc4cc(Nc5cccc(C(C)(C)C)c5)cc(C(O)O)c4)c(C(N)=O)cnc3c2)c(OC)n1. The summed E-state index contributed by atoms with van der Waals surface area (Å²) in [5.74, 6) is -0.345. The number of hydrogen-bond acceptors (Lipinski definition) is 10. The van der Waals surface area contributed by atoms with Crippen LogP contribution in [0.1, 0.15) is 48.5 Å². The van der Waals surface area contributed by atoms with E-state index >= 15 is 0 Å². The van der Waals surface area contributed by atoms with Crippen molar-refractivity contribution >= 4 is 39.6 Å². The van der Waals surface area contributed by atoms with Crippen molar-refractivity contribution in [2.75, 3.05) is 24.9 Å². The molecular formula is C33H34N6O5. The first kappa shape index (κ1) is 30.2. The summed E-state index contributed by atoms with van der Waals surface area (Å²) in [4.78, 5) is 25.4. The molecule has 0 saturated heterocycles. The lowest BCUT2D eigenvalue weighted by Gasteiger charge is -2.21. The highest BCUT2D eigenvalue weighted by Crippen LogP contribution is 2.36. The molecule has 0 radical (unpaired) electrons. The van der Waals surface area contributed by atoms with Gasteiger partial charge in [0.05, 0.1) is 36.6 Å². The standard InChI is InChI=1S/C33H34N6O5/c1-33(2,3)20-7-6-8-21(14-20)37-22-11-19(31(41)42)12-23(15-22)38-28-24-10-9-18(13-27(24)35-17-26(28)29(34)40)25-16-36-32(44-5)39-30(25)43-4/h6-17,31,37,41-42H,1-5H3,(H2,34,40)(H,35,38). The van der Waals surface area contributed by atoms with Crippen LogP contribution in [-0.2, 0) is 5.41 Å². The molecular weight excluding hydrogens is 560 g/mol. The predicted molar refractivity (Wildman–Crippen MR) is 170 cm³/mol. The summed E-state index contributed by atoms with van der Waals surface area (Å²) in [5.41, 5.74) is 11.5. The Morgan fingerprint density at radius 1 is 0.886 bits per heavy atom. The molecule has 0 saturated carbocycles. The second-order valence-corrected chi connectivity index (χ2v) is 11.2. The summed E-state index contributed by atoms with van der Waals surface area (Å²) < 4.78 is 10.5. The average Bonchev–Trinajstić information content (AvgIpc) is 3.00. The Bertz CT molecular complexity index is 1850. The van der Waals surface area contributed by atoms with E-state index in [-0.39, 0.29) is 22.6 Å². The van der Waals surface area contributed by atoms with Gasteiger partial charge in [0.15, 0.2) is 6.29 Å². The summed E-state index contributed by atoms with van der Waals surface area (Å²) in [6.07, 6.45) is 1.27. The number of aliphatic hydroxyl groups is 2. The number of rotatable bonds is 9. The number of carbonyl (C=O) groups is 1.